The second kappa shape index (κ2) is 5.02. The lowest BCUT2D eigenvalue weighted by Gasteiger charge is -2.56. The summed E-state index contributed by atoms with van der Waals surface area (Å²) in [6, 6.07) is 5.79. The fraction of sp³-hybridized carbons (Fsp3) is 0.588. The summed E-state index contributed by atoms with van der Waals surface area (Å²) < 4.78 is 10.8. The van der Waals surface area contributed by atoms with E-state index in [-0.39, 0.29) is 5.41 Å². The van der Waals surface area contributed by atoms with Crippen LogP contribution in [0.2, 0.25) is 0 Å². The fourth-order valence-corrected chi connectivity index (χ4v) is 3.98. The zero-order valence-electron chi connectivity index (χ0n) is 12.6. The van der Waals surface area contributed by atoms with E-state index >= 15 is 0 Å². The Morgan fingerprint density at radius 2 is 1.95 bits per heavy atom. The molecule has 4 heteroatoms. The molecule has 0 atom stereocenters. The van der Waals surface area contributed by atoms with Gasteiger partial charge in [0, 0.05) is 13.2 Å². The lowest BCUT2D eigenvalue weighted by atomic mass is 9.48. The third-order valence-corrected chi connectivity index (χ3v) is 5.28. The maximum absolute atomic E-state index is 11.9. The van der Waals surface area contributed by atoms with Crippen LogP contribution in [0.4, 0.5) is 0 Å². The molecule has 1 aliphatic heterocycles. The minimum Gasteiger partial charge on any atom is -0.496 e. The van der Waals surface area contributed by atoms with Gasteiger partial charge in [-0.05, 0) is 55.2 Å². The Hall–Kier alpha value is -1.55. The Labute approximate surface area is 125 Å². The SMILES string of the molecule is COc1cc(C2(C(=O)O)CC3(CCOCC3)C2)ccc1C. The Morgan fingerprint density at radius 1 is 1.29 bits per heavy atom. The van der Waals surface area contributed by atoms with Crippen molar-refractivity contribution in [3.05, 3.63) is 29.3 Å². The first-order chi connectivity index (χ1) is 10.0. The normalized spacial score (nSPS) is 22.6. The highest BCUT2D eigenvalue weighted by Gasteiger charge is 2.59. The van der Waals surface area contributed by atoms with Crippen LogP contribution in [-0.2, 0) is 14.9 Å². The van der Waals surface area contributed by atoms with Crippen molar-refractivity contribution in [2.45, 2.75) is 38.0 Å². The van der Waals surface area contributed by atoms with E-state index < -0.39 is 11.4 Å². The molecular weight excluding hydrogens is 268 g/mol. The van der Waals surface area contributed by atoms with Crippen molar-refractivity contribution in [3.8, 4) is 5.75 Å². The van der Waals surface area contributed by atoms with E-state index in [1.54, 1.807) is 7.11 Å². The van der Waals surface area contributed by atoms with Crippen LogP contribution in [-0.4, -0.2) is 31.4 Å². The monoisotopic (exact) mass is 290 g/mol. The zero-order chi connectivity index (χ0) is 15.1. The Bertz CT molecular complexity index is 550. The maximum Gasteiger partial charge on any atom is 0.314 e. The molecule has 4 nitrogen and oxygen atoms in total. The van der Waals surface area contributed by atoms with Crippen molar-refractivity contribution >= 4 is 5.97 Å². The average Bonchev–Trinajstić information content (AvgIpc) is 2.45. The van der Waals surface area contributed by atoms with Gasteiger partial charge in [-0.25, -0.2) is 0 Å². The van der Waals surface area contributed by atoms with Gasteiger partial charge in [-0.2, -0.15) is 0 Å². The molecule has 0 aromatic heterocycles. The van der Waals surface area contributed by atoms with Gasteiger partial charge in [0.25, 0.3) is 0 Å². The van der Waals surface area contributed by atoms with Crippen molar-refractivity contribution in [1.82, 2.24) is 0 Å². The van der Waals surface area contributed by atoms with Crippen LogP contribution < -0.4 is 4.74 Å². The number of methoxy groups -OCH3 is 1. The van der Waals surface area contributed by atoms with E-state index in [1.165, 1.54) is 0 Å². The number of carbonyl (C=O) groups is 1. The molecule has 1 saturated carbocycles. The maximum atomic E-state index is 11.9. The van der Waals surface area contributed by atoms with Crippen LogP contribution in [0.1, 0.15) is 36.8 Å². The molecule has 1 heterocycles. The predicted molar refractivity (Wildman–Crippen MR) is 78.8 cm³/mol. The molecule has 3 rings (SSSR count). The van der Waals surface area contributed by atoms with Gasteiger partial charge >= 0.3 is 5.97 Å². The predicted octanol–water partition coefficient (Wildman–Crippen LogP) is 2.92. The van der Waals surface area contributed by atoms with Crippen LogP contribution in [0.5, 0.6) is 5.75 Å². The quantitative estimate of drug-likeness (QED) is 0.930. The number of hydrogen-bond donors (Lipinski definition) is 1. The van der Waals surface area contributed by atoms with E-state index in [4.69, 9.17) is 9.47 Å². The van der Waals surface area contributed by atoms with Crippen LogP contribution in [0.3, 0.4) is 0 Å². The highest BCUT2D eigenvalue weighted by molar-refractivity contribution is 5.83. The summed E-state index contributed by atoms with van der Waals surface area (Å²) in [6.45, 7) is 3.48. The van der Waals surface area contributed by atoms with Gasteiger partial charge in [0.05, 0.1) is 12.5 Å². The second-order valence-corrected chi connectivity index (χ2v) is 6.54. The van der Waals surface area contributed by atoms with Gasteiger partial charge in [0.15, 0.2) is 0 Å². The zero-order valence-corrected chi connectivity index (χ0v) is 12.6. The molecule has 0 unspecified atom stereocenters. The van der Waals surface area contributed by atoms with E-state index in [0.717, 1.165) is 42.9 Å². The third kappa shape index (κ3) is 2.22. The first-order valence-electron chi connectivity index (χ1n) is 7.48. The smallest absolute Gasteiger partial charge is 0.314 e. The summed E-state index contributed by atoms with van der Waals surface area (Å²) in [5.41, 5.74) is 1.31. The molecule has 1 N–H and O–H groups in total. The molecule has 2 aliphatic rings. The third-order valence-electron chi connectivity index (χ3n) is 5.28. The summed E-state index contributed by atoms with van der Waals surface area (Å²) in [4.78, 5) is 11.9. The molecule has 1 saturated heterocycles. The van der Waals surface area contributed by atoms with Crippen molar-refractivity contribution in [2.24, 2.45) is 5.41 Å². The number of benzene rings is 1. The lowest BCUT2D eigenvalue weighted by Crippen LogP contribution is -2.56. The number of ether oxygens (including phenoxy) is 2. The number of hydrogen-bond acceptors (Lipinski definition) is 3. The van der Waals surface area contributed by atoms with E-state index in [0.29, 0.717) is 12.8 Å². The van der Waals surface area contributed by atoms with Gasteiger partial charge in [-0.3, -0.25) is 4.79 Å². The molecule has 2 fully saturated rings. The first kappa shape index (κ1) is 14.4. The lowest BCUT2D eigenvalue weighted by molar-refractivity contribution is -0.160. The van der Waals surface area contributed by atoms with Crippen molar-refractivity contribution in [3.63, 3.8) is 0 Å². The van der Waals surface area contributed by atoms with Crippen molar-refractivity contribution in [1.29, 1.82) is 0 Å². The molecular formula is C17H22O4. The Balaban J connectivity index is 1.91. The minimum atomic E-state index is -0.752. The summed E-state index contributed by atoms with van der Waals surface area (Å²) in [7, 11) is 1.63. The second-order valence-electron chi connectivity index (χ2n) is 6.54. The van der Waals surface area contributed by atoms with Gasteiger partial charge in [-0.15, -0.1) is 0 Å². The molecule has 1 aromatic carbocycles. The largest absolute Gasteiger partial charge is 0.496 e. The molecule has 0 amide bonds. The van der Waals surface area contributed by atoms with Gasteiger partial charge < -0.3 is 14.6 Å². The molecule has 21 heavy (non-hydrogen) atoms. The Morgan fingerprint density at radius 3 is 2.52 bits per heavy atom. The highest BCUT2D eigenvalue weighted by atomic mass is 16.5. The van der Waals surface area contributed by atoms with Crippen molar-refractivity contribution in [2.75, 3.05) is 20.3 Å². The Kier molecular flexibility index (Phi) is 3.44. The van der Waals surface area contributed by atoms with Crippen LogP contribution in [0, 0.1) is 12.3 Å². The van der Waals surface area contributed by atoms with E-state index in [9.17, 15) is 9.90 Å². The highest BCUT2D eigenvalue weighted by Crippen LogP contribution is 2.60. The summed E-state index contributed by atoms with van der Waals surface area (Å²) >= 11 is 0. The van der Waals surface area contributed by atoms with E-state index in [1.807, 2.05) is 25.1 Å². The van der Waals surface area contributed by atoms with Crippen LogP contribution in [0.15, 0.2) is 18.2 Å². The summed E-state index contributed by atoms with van der Waals surface area (Å²) in [5.74, 6) is 0.0478. The number of aryl methyl sites for hydroxylation is 1. The topological polar surface area (TPSA) is 55.8 Å². The summed E-state index contributed by atoms with van der Waals surface area (Å²) in [5, 5.41) is 9.81. The summed E-state index contributed by atoms with van der Waals surface area (Å²) in [6.07, 6.45) is 3.38. The van der Waals surface area contributed by atoms with Crippen LogP contribution >= 0.6 is 0 Å². The van der Waals surface area contributed by atoms with Gasteiger partial charge in [-0.1, -0.05) is 12.1 Å². The first-order valence-corrected chi connectivity index (χ1v) is 7.48. The average molecular weight is 290 g/mol. The number of rotatable bonds is 3. The minimum absolute atomic E-state index is 0.161. The molecule has 1 aromatic rings. The van der Waals surface area contributed by atoms with Gasteiger partial charge in [0.2, 0.25) is 0 Å². The van der Waals surface area contributed by atoms with Gasteiger partial charge in [0.1, 0.15) is 5.75 Å². The molecule has 1 aliphatic carbocycles. The van der Waals surface area contributed by atoms with Crippen LogP contribution in [0.25, 0.3) is 0 Å². The number of carboxylic acid groups (broad SMARTS) is 1. The molecule has 114 valence electrons. The standard InChI is InChI=1S/C17H22O4/c1-12-3-4-13(9-14(12)20-2)17(15(18)19)10-16(11-17)5-7-21-8-6-16/h3-4,9H,5-8,10-11H2,1-2H3,(H,18,19). The van der Waals surface area contributed by atoms with Crippen molar-refractivity contribution < 1.29 is 19.4 Å². The fourth-order valence-electron chi connectivity index (χ4n) is 3.98. The van der Waals surface area contributed by atoms with E-state index in [2.05, 4.69) is 0 Å². The number of carboxylic acids is 1. The molecule has 1 spiro atoms. The molecule has 0 bridgehead atoms. The molecule has 0 radical (unpaired) electrons. The number of aliphatic carboxylic acids is 1.